The Labute approximate surface area is 105 Å². The van der Waals surface area contributed by atoms with Crippen LogP contribution in [0.2, 0.25) is 0 Å². The summed E-state index contributed by atoms with van der Waals surface area (Å²) < 4.78 is 0. The van der Waals surface area contributed by atoms with Crippen molar-refractivity contribution in [3.8, 4) is 0 Å². The maximum absolute atomic E-state index is 11.1. The Hall–Kier alpha value is -0.610. The van der Waals surface area contributed by atoms with Gasteiger partial charge < -0.3 is 5.11 Å². The molecule has 1 fully saturated rings. The third kappa shape index (κ3) is 3.96. The Morgan fingerprint density at radius 2 is 1.94 bits per heavy atom. The molecule has 1 saturated heterocycles. The van der Waals surface area contributed by atoms with Crippen molar-refractivity contribution in [1.82, 2.24) is 9.80 Å². The zero-order valence-corrected chi connectivity index (χ0v) is 11.5. The summed E-state index contributed by atoms with van der Waals surface area (Å²) in [4.78, 5) is 15.6. The normalized spacial score (nSPS) is 21.9. The van der Waals surface area contributed by atoms with Crippen molar-refractivity contribution in [1.29, 1.82) is 0 Å². The first-order chi connectivity index (χ1) is 7.93. The fourth-order valence-electron chi connectivity index (χ4n) is 2.73. The van der Waals surface area contributed by atoms with Crippen molar-refractivity contribution in [2.75, 3.05) is 19.6 Å². The van der Waals surface area contributed by atoms with Crippen LogP contribution in [0.3, 0.4) is 0 Å². The quantitative estimate of drug-likeness (QED) is 0.769. The van der Waals surface area contributed by atoms with Crippen LogP contribution in [0.5, 0.6) is 0 Å². The number of carbonyl (C=O) groups is 1. The lowest BCUT2D eigenvalue weighted by molar-refractivity contribution is -0.142. The van der Waals surface area contributed by atoms with Gasteiger partial charge in [-0.25, -0.2) is 0 Å². The molecule has 1 atom stereocenters. The molecule has 0 aromatic heterocycles. The first kappa shape index (κ1) is 14.5. The van der Waals surface area contributed by atoms with Gasteiger partial charge in [-0.05, 0) is 47.1 Å². The highest BCUT2D eigenvalue weighted by Crippen LogP contribution is 2.17. The summed E-state index contributed by atoms with van der Waals surface area (Å²) in [5, 5.41) is 9.11. The third-order valence-corrected chi connectivity index (χ3v) is 3.62. The highest BCUT2D eigenvalue weighted by Gasteiger charge is 2.30. The van der Waals surface area contributed by atoms with Gasteiger partial charge in [0.1, 0.15) is 6.04 Å². The fraction of sp³-hybridized carbons (Fsp3) is 0.923. The average Bonchev–Trinajstić information content (AvgIpc) is 2.64. The molecule has 4 heteroatoms. The topological polar surface area (TPSA) is 43.8 Å². The third-order valence-electron chi connectivity index (χ3n) is 3.62. The van der Waals surface area contributed by atoms with Crippen molar-refractivity contribution in [2.24, 2.45) is 0 Å². The van der Waals surface area contributed by atoms with Crippen LogP contribution >= 0.6 is 0 Å². The number of hydrogen-bond donors (Lipinski definition) is 1. The summed E-state index contributed by atoms with van der Waals surface area (Å²) in [5.41, 5.74) is 0. The van der Waals surface area contributed by atoms with Crippen LogP contribution in [0.1, 0.15) is 40.5 Å². The Bertz CT molecular complexity index is 246. The van der Waals surface area contributed by atoms with Gasteiger partial charge in [0.25, 0.3) is 0 Å². The molecule has 0 aliphatic carbocycles. The molecular formula is C13H26N2O2. The first-order valence-corrected chi connectivity index (χ1v) is 6.66. The minimum Gasteiger partial charge on any atom is -0.480 e. The molecule has 1 N–H and O–H groups in total. The maximum atomic E-state index is 11.1. The van der Waals surface area contributed by atoms with E-state index in [1.807, 2.05) is 0 Å². The van der Waals surface area contributed by atoms with Crippen molar-refractivity contribution in [3.63, 3.8) is 0 Å². The van der Waals surface area contributed by atoms with E-state index in [1.54, 1.807) is 0 Å². The monoisotopic (exact) mass is 242 g/mol. The number of hydrogen-bond acceptors (Lipinski definition) is 3. The molecule has 0 saturated carbocycles. The molecule has 1 aliphatic rings. The van der Waals surface area contributed by atoms with E-state index >= 15 is 0 Å². The number of nitrogens with zero attached hydrogens (tertiary/aromatic N) is 2. The Morgan fingerprint density at radius 1 is 1.35 bits per heavy atom. The van der Waals surface area contributed by atoms with Gasteiger partial charge >= 0.3 is 5.97 Å². The number of rotatable bonds is 6. The lowest BCUT2D eigenvalue weighted by Crippen LogP contribution is -2.45. The molecule has 1 aliphatic heterocycles. The summed E-state index contributed by atoms with van der Waals surface area (Å²) in [6, 6.07) is 0.776. The fourth-order valence-corrected chi connectivity index (χ4v) is 2.73. The first-order valence-electron chi connectivity index (χ1n) is 6.66. The summed E-state index contributed by atoms with van der Waals surface area (Å²) in [6.45, 7) is 11.5. The SMILES string of the molecule is CC(C)N(CCN1CCC[C@H]1C(=O)O)C(C)C. The van der Waals surface area contributed by atoms with Crippen LogP contribution in [0.25, 0.3) is 0 Å². The van der Waals surface area contributed by atoms with Gasteiger partial charge in [0.05, 0.1) is 0 Å². The molecule has 0 bridgehead atoms. The minimum absolute atomic E-state index is 0.254. The molecule has 0 amide bonds. The summed E-state index contributed by atoms with van der Waals surface area (Å²) in [6.07, 6.45) is 1.82. The van der Waals surface area contributed by atoms with Crippen LogP contribution in [0, 0.1) is 0 Å². The number of likely N-dealkylation sites (tertiary alicyclic amines) is 1. The molecule has 1 rings (SSSR count). The number of aliphatic carboxylic acids is 1. The zero-order chi connectivity index (χ0) is 13.0. The van der Waals surface area contributed by atoms with Gasteiger partial charge in [-0.3, -0.25) is 14.6 Å². The molecule has 0 aromatic rings. The standard InChI is InChI=1S/C13H26N2O2/c1-10(2)15(11(3)4)9-8-14-7-5-6-12(14)13(16)17/h10-12H,5-9H2,1-4H3,(H,16,17)/t12-/m0/s1. The molecule has 17 heavy (non-hydrogen) atoms. The second-order valence-electron chi connectivity index (χ2n) is 5.46. The molecule has 4 nitrogen and oxygen atoms in total. The highest BCUT2D eigenvalue weighted by atomic mass is 16.4. The van der Waals surface area contributed by atoms with E-state index in [2.05, 4.69) is 37.5 Å². The minimum atomic E-state index is -0.664. The summed E-state index contributed by atoms with van der Waals surface area (Å²) >= 11 is 0. The molecule has 0 spiro atoms. The van der Waals surface area contributed by atoms with Crippen molar-refractivity contribution in [2.45, 2.75) is 58.7 Å². The van der Waals surface area contributed by atoms with Crippen molar-refractivity contribution in [3.05, 3.63) is 0 Å². The molecule has 100 valence electrons. The second kappa shape index (κ2) is 6.36. The number of carboxylic acid groups (broad SMARTS) is 1. The second-order valence-corrected chi connectivity index (χ2v) is 5.46. The molecule has 0 radical (unpaired) electrons. The van der Waals surface area contributed by atoms with Crippen LogP contribution in [-0.2, 0) is 4.79 Å². The van der Waals surface area contributed by atoms with Crippen molar-refractivity contribution < 1.29 is 9.90 Å². The predicted molar refractivity (Wildman–Crippen MR) is 69.2 cm³/mol. The van der Waals surface area contributed by atoms with E-state index in [0.29, 0.717) is 12.1 Å². The van der Waals surface area contributed by atoms with E-state index in [-0.39, 0.29) is 6.04 Å². The smallest absolute Gasteiger partial charge is 0.320 e. The lowest BCUT2D eigenvalue weighted by Gasteiger charge is -2.33. The van der Waals surface area contributed by atoms with Gasteiger partial charge in [0.2, 0.25) is 0 Å². The Kier molecular flexibility index (Phi) is 5.40. The van der Waals surface area contributed by atoms with E-state index in [1.165, 1.54) is 0 Å². The Balaban J connectivity index is 2.46. The lowest BCUT2D eigenvalue weighted by atomic mass is 10.2. The zero-order valence-electron chi connectivity index (χ0n) is 11.5. The van der Waals surface area contributed by atoms with Gasteiger partial charge in [0, 0.05) is 25.2 Å². The summed E-state index contributed by atoms with van der Waals surface area (Å²) in [5.74, 6) is -0.664. The Morgan fingerprint density at radius 3 is 2.41 bits per heavy atom. The van der Waals surface area contributed by atoms with Gasteiger partial charge in [-0.2, -0.15) is 0 Å². The van der Waals surface area contributed by atoms with Gasteiger partial charge in [-0.15, -0.1) is 0 Å². The van der Waals surface area contributed by atoms with Crippen LogP contribution in [0.4, 0.5) is 0 Å². The number of carboxylic acids is 1. The summed E-state index contributed by atoms with van der Waals surface area (Å²) in [7, 11) is 0. The highest BCUT2D eigenvalue weighted by molar-refractivity contribution is 5.73. The molecule has 0 unspecified atom stereocenters. The van der Waals surface area contributed by atoms with Crippen LogP contribution in [0.15, 0.2) is 0 Å². The maximum Gasteiger partial charge on any atom is 0.320 e. The van der Waals surface area contributed by atoms with Gasteiger partial charge in [0.15, 0.2) is 0 Å². The molecule has 1 heterocycles. The van der Waals surface area contributed by atoms with E-state index in [9.17, 15) is 4.79 Å². The molecule has 0 aromatic carbocycles. The van der Waals surface area contributed by atoms with E-state index in [4.69, 9.17) is 5.11 Å². The predicted octanol–water partition coefficient (Wildman–Crippen LogP) is 1.65. The molecular weight excluding hydrogens is 216 g/mol. The van der Waals surface area contributed by atoms with Crippen LogP contribution < -0.4 is 0 Å². The van der Waals surface area contributed by atoms with Gasteiger partial charge in [-0.1, -0.05) is 0 Å². The van der Waals surface area contributed by atoms with E-state index < -0.39 is 5.97 Å². The van der Waals surface area contributed by atoms with E-state index in [0.717, 1.165) is 32.5 Å². The average molecular weight is 242 g/mol. The largest absolute Gasteiger partial charge is 0.480 e. The van der Waals surface area contributed by atoms with Crippen LogP contribution in [-0.4, -0.2) is 58.6 Å². The van der Waals surface area contributed by atoms with Crippen molar-refractivity contribution >= 4 is 5.97 Å².